The molecule has 0 saturated heterocycles. The van der Waals surface area contributed by atoms with Crippen LogP contribution in [0.2, 0.25) is 0 Å². The van der Waals surface area contributed by atoms with E-state index in [0.717, 1.165) is 0 Å². The predicted octanol–water partition coefficient (Wildman–Crippen LogP) is -7.75. The summed E-state index contributed by atoms with van der Waals surface area (Å²) in [6, 6.07) is 3.94. The first-order valence-corrected chi connectivity index (χ1v) is 10.8. The van der Waals surface area contributed by atoms with Crippen molar-refractivity contribution in [1.82, 2.24) is 0 Å². The fourth-order valence-corrected chi connectivity index (χ4v) is 2.14. The van der Waals surface area contributed by atoms with Crippen LogP contribution in [0.3, 0.4) is 0 Å². The number of pyridine rings is 3. The Bertz CT molecular complexity index is 930. The molecule has 0 spiro atoms. The SMILES string of the molecule is Cc1c(O)c([O-])cc[n+]1C.Cc1c(O)c([O-])cc[n+]1C.Cc1c([O-])c([O-])cc[n+]1C.[O-2].[O-2].[O-][Cl+3]([O-])([O-])[O-].[OH3+].[U]. The summed E-state index contributed by atoms with van der Waals surface area (Å²) in [7, 11) is 0.332. The molecule has 0 atom stereocenters. The molecule has 222 valence electrons. The number of aromatic hydroxyl groups is 2. The molecule has 0 aliphatic rings. The topological polar surface area (TPSA) is 327 Å². The molecular weight excluding hydrogens is 776 g/mol. The van der Waals surface area contributed by atoms with Gasteiger partial charge in [-0.2, -0.15) is 0 Å². The molecule has 0 saturated carbocycles. The minimum Gasteiger partial charge on any atom is -2.00 e. The van der Waals surface area contributed by atoms with Gasteiger partial charge in [-0.15, -0.1) is 16.0 Å². The maximum Gasteiger partial charge on any atom is 0.219 e. The van der Waals surface area contributed by atoms with E-state index in [-0.39, 0.29) is 70.5 Å². The number of halogens is 1. The van der Waals surface area contributed by atoms with E-state index in [9.17, 15) is 20.4 Å². The Kier molecular flexibility index (Phi) is 24.0. The molecule has 0 fully saturated rings. The smallest absolute Gasteiger partial charge is 0.219 e. The van der Waals surface area contributed by atoms with Gasteiger partial charge in [-0.3, -0.25) is 0 Å². The van der Waals surface area contributed by atoms with Gasteiger partial charge in [-0.05, 0) is 23.9 Å². The van der Waals surface area contributed by atoms with Gasteiger partial charge in [0.1, 0.15) is 21.1 Å². The molecule has 3 heterocycles. The summed E-state index contributed by atoms with van der Waals surface area (Å²) in [5.74, 6) is -1.82. The molecule has 0 aliphatic carbocycles. The van der Waals surface area contributed by atoms with E-state index >= 15 is 0 Å². The van der Waals surface area contributed by atoms with Crippen LogP contribution < -0.4 is 52.8 Å². The van der Waals surface area contributed by atoms with Crippen LogP contribution in [0.1, 0.15) is 17.1 Å². The molecule has 3 aromatic rings. The Morgan fingerprint density at radius 3 is 1.05 bits per heavy atom. The number of hydrogen-bond donors (Lipinski definition) is 2. The van der Waals surface area contributed by atoms with Crippen molar-refractivity contribution in [1.29, 1.82) is 0 Å². The average molecular weight is 805 g/mol. The third kappa shape index (κ3) is 16.8. The van der Waals surface area contributed by atoms with Crippen LogP contribution in [0.4, 0.5) is 0 Å². The summed E-state index contributed by atoms with van der Waals surface area (Å²) in [5.41, 5.74) is 1.66. The summed E-state index contributed by atoms with van der Waals surface area (Å²) in [4.78, 5) is 0. The third-order valence-electron chi connectivity index (χ3n) is 4.64. The van der Waals surface area contributed by atoms with Crippen molar-refractivity contribution >= 4 is 0 Å². The van der Waals surface area contributed by atoms with Crippen LogP contribution in [0, 0.1) is 62.1 Å². The van der Waals surface area contributed by atoms with Gasteiger partial charge in [0.25, 0.3) is 0 Å². The van der Waals surface area contributed by atoms with Crippen molar-refractivity contribution in [2.45, 2.75) is 20.8 Å². The van der Waals surface area contributed by atoms with Gasteiger partial charge in [-0.1, -0.05) is 11.5 Å². The van der Waals surface area contributed by atoms with Gasteiger partial charge in [0.05, 0.1) is 0 Å². The Morgan fingerprint density at radius 2 is 0.821 bits per heavy atom. The standard InChI is InChI=1S/3C7H9NO2.ClHO4.H2O.2O.U/c3*1-5-7(10)6(9)3-4-8(5)2;2-1(3,4)5;;;;/h3*3-4,10H,1-2H3;(H,2,3,4,5);1H2;;;/q;;;;;2*-2;/p-1. The minimum atomic E-state index is -4.94. The maximum atomic E-state index is 10.9. The Labute approximate surface area is 250 Å². The summed E-state index contributed by atoms with van der Waals surface area (Å²) < 4.78 is 39.0. The van der Waals surface area contributed by atoms with Crippen molar-refractivity contribution in [3.8, 4) is 34.5 Å². The molecule has 3 aromatic heterocycles. The van der Waals surface area contributed by atoms with Crippen LogP contribution in [-0.4, -0.2) is 10.2 Å². The third-order valence-corrected chi connectivity index (χ3v) is 4.64. The van der Waals surface area contributed by atoms with Gasteiger partial charge in [0.2, 0.25) is 11.4 Å². The molecule has 0 bridgehead atoms. The van der Waals surface area contributed by atoms with E-state index in [0.29, 0.717) is 17.1 Å². The van der Waals surface area contributed by atoms with Gasteiger partial charge in [0, 0.05) is 51.9 Å². The first-order chi connectivity index (χ1) is 15.9. The van der Waals surface area contributed by atoms with Crippen LogP contribution >= 0.6 is 0 Å². The van der Waals surface area contributed by atoms with Crippen LogP contribution in [0.25, 0.3) is 0 Å². The summed E-state index contributed by atoms with van der Waals surface area (Å²) >= 11 is 0. The number of nitrogens with zero attached hydrogens (tertiary/aromatic N) is 3. The van der Waals surface area contributed by atoms with Crippen molar-refractivity contribution in [2.24, 2.45) is 21.1 Å². The van der Waals surface area contributed by atoms with Gasteiger partial charge >= 0.3 is 0 Å². The number of rotatable bonds is 0. The van der Waals surface area contributed by atoms with Crippen molar-refractivity contribution in [3.05, 3.63) is 53.9 Å². The van der Waals surface area contributed by atoms with E-state index in [1.54, 1.807) is 74.2 Å². The van der Waals surface area contributed by atoms with Crippen LogP contribution in [0.5, 0.6) is 34.5 Å². The molecule has 18 heteroatoms. The van der Waals surface area contributed by atoms with E-state index < -0.39 is 21.7 Å². The zero-order chi connectivity index (χ0) is 27.7. The minimum absolute atomic E-state index is 0. The molecular formula is C21H29ClN3O13U-5. The molecule has 0 aromatic carbocycles. The summed E-state index contributed by atoms with van der Waals surface area (Å²) in [5, 5.41) is 61.1. The normalized spacial score (nSPS) is 9.08. The quantitative estimate of drug-likeness (QED) is 0.160. The first kappa shape index (κ1) is 46.2. The van der Waals surface area contributed by atoms with E-state index in [2.05, 4.69) is 0 Å². The number of hydrogen-bond acceptors (Lipinski definition) is 10. The Morgan fingerprint density at radius 1 is 0.590 bits per heavy atom. The largest absolute Gasteiger partial charge is 2.00 e. The van der Waals surface area contributed by atoms with Crippen molar-refractivity contribution in [2.75, 3.05) is 0 Å². The van der Waals surface area contributed by atoms with Gasteiger partial charge in [-0.25, -0.2) is 32.3 Å². The number of aromatic nitrogens is 3. The van der Waals surface area contributed by atoms with Crippen molar-refractivity contribution < 1.29 is 121 Å². The fraction of sp³-hybridized carbons (Fsp3) is 0.286. The molecule has 0 amide bonds. The molecule has 0 radical (unpaired) electrons. The number of aryl methyl sites for hydroxylation is 3. The molecule has 39 heavy (non-hydrogen) atoms. The van der Waals surface area contributed by atoms with E-state index in [4.69, 9.17) is 28.8 Å². The average Bonchev–Trinajstić information content (AvgIpc) is 2.77. The zero-order valence-electron chi connectivity index (χ0n) is 21.7. The maximum absolute atomic E-state index is 10.9. The van der Waals surface area contributed by atoms with Crippen LogP contribution in [0.15, 0.2) is 36.8 Å². The molecule has 0 aliphatic heterocycles. The predicted molar refractivity (Wildman–Crippen MR) is 104 cm³/mol. The summed E-state index contributed by atoms with van der Waals surface area (Å²) in [6.07, 6.45) is 4.83. The van der Waals surface area contributed by atoms with Crippen LogP contribution in [-0.2, 0) is 37.6 Å². The van der Waals surface area contributed by atoms with Gasteiger partial charge < -0.3 is 47.1 Å². The summed E-state index contributed by atoms with van der Waals surface area (Å²) in [6.45, 7) is 5.01. The second-order valence-corrected chi connectivity index (χ2v) is 7.79. The fourth-order valence-electron chi connectivity index (χ4n) is 2.14. The van der Waals surface area contributed by atoms with Crippen molar-refractivity contribution in [3.63, 3.8) is 0 Å². The molecule has 0 unspecified atom stereocenters. The first-order valence-electron chi connectivity index (χ1n) is 9.53. The molecule has 5 N–H and O–H groups in total. The van der Waals surface area contributed by atoms with E-state index in [1.807, 2.05) is 0 Å². The molecule has 3 rings (SSSR count). The molecule has 16 nitrogen and oxygen atoms in total. The second kappa shape index (κ2) is 20.2. The van der Waals surface area contributed by atoms with Gasteiger partial charge in [0.15, 0.2) is 35.8 Å². The Hall–Kier alpha value is -2.69. The monoisotopic (exact) mass is 804 g/mol. The van der Waals surface area contributed by atoms with E-state index in [1.165, 1.54) is 18.2 Å². The zero-order valence-corrected chi connectivity index (χ0v) is 26.7. The second-order valence-electron chi connectivity index (χ2n) is 7.03. The Balaban J connectivity index is -0.000000131.